The molecule has 0 saturated carbocycles. The summed E-state index contributed by atoms with van der Waals surface area (Å²) in [5.74, 6) is 2.19. The Kier molecular flexibility index (Phi) is 5.59. The normalized spacial score (nSPS) is 19.6. The largest absolute Gasteiger partial charge is 0.325 e. The Bertz CT molecular complexity index is 438. The molecule has 0 bridgehead atoms. The molecule has 1 aromatic carbocycles. The fourth-order valence-corrected chi connectivity index (χ4v) is 3.72. The Labute approximate surface area is 130 Å². The van der Waals surface area contributed by atoms with Gasteiger partial charge < -0.3 is 10.6 Å². The van der Waals surface area contributed by atoms with Crippen LogP contribution in [0.2, 0.25) is 5.02 Å². The number of amides is 1. The molecule has 1 heterocycles. The van der Waals surface area contributed by atoms with Crippen molar-refractivity contribution in [3.63, 3.8) is 0 Å². The first-order valence-corrected chi connectivity index (χ1v) is 8.32. The number of carbonyl (C=O) groups excluding carboxylic acids is 1. The molecule has 1 amide bonds. The second-order valence-electron chi connectivity index (χ2n) is 4.10. The number of halogens is 2. The zero-order valence-electron chi connectivity index (χ0n) is 9.71. The van der Waals surface area contributed by atoms with E-state index in [0.29, 0.717) is 11.4 Å². The average Bonchev–Trinajstić information content (AvgIpc) is 2.34. The van der Waals surface area contributed by atoms with Crippen molar-refractivity contribution in [3.05, 3.63) is 26.8 Å². The fraction of sp³-hybridized carbons (Fsp3) is 0.417. The van der Waals surface area contributed by atoms with Crippen LogP contribution in [-0.4, -0.2) is 30.0 Å². The Hall–Kier alpha value is 0.0200. The highest BCUT2D eigenvalue weighted by molar-refractivity contribution is 14.1. The molecule has 98 valence electrons. The van der Waals surface area contributed by atoms with Gasteiger partial charge in [-0.2, -0.15) is 11.8 Å². The lowest BCUT2D eigenvalue weighted by molar-refractivity contribution is -0.116. The van der Waals surface area contributed by atoms with Gasteiger partial charge in [0.05, 0.1) is 5.69 Å². The summed E-state index contributed by atoms with van der Waals surface area (Å²) < 4.78 is 0.958. The summed E-state index contributed by atoms with van der Waals surface area (Å²) in [6, 6.07) is 5.75. The van der Waals surface area contributed by atoms with Gasteiger partial charge in [0, 0.05) is 39.1 Å². The highest BCUT2D eigenvalue weighted by atomic mass is 127. The predicted octanol–water partition coefficient (Wildman–Crippen LogP) is 2.98. The summed E-state index contributed by atoms with van der Waals surface area (Å²) in [5.41, 5.74) is 0.827. The highest BCUT2D eigenvalue weighted by Crippen LogP contribution is 2.22. The van der Waals surface area contributed by atoms with E-state index in [1.54, 1.807) is 6.07 Å². The summed E-state index contributed by atoms with van der Waals surface area (Å²) in [6.07, 6.45) is 0.520. The van der Waals surface area contributed by atoms with Gasteiger partial charge in [-0.3, -0.25) is 4.79 Å². The van der Waals surface area contributed by atoms with Crippen LogP contribution in [0.3, 0.4) is 0 Å². The third kappa shape index (κ3) is 4.29. The van der Waals surface area contributed by atoms with Crippen molar-refractivity contribution in [2.24, 2.45) is 0 Å². The highest BCUT2D eigenvalue weighted by Gasteiger charge is 2.17. The van der Waals surface area contributed by atoms with Crippen LogP contribution in [-0.2, 0) is 4.79 Å². The summed E-state index contributed by atoms with van der Waals surface area (Å²) in [7, 11) is 0. The summed E-state index contributed by atoms with van der Waals surface area (Å²) in [5, 5.41) is 6.97. The molecule has 1 aliphatic heterocycles. The first-order valence-electron chi connectivity index (χ1n) is 5.71. The molecule has 0 aromatic heterocycles. The Morgan fingerprint density at radius 2 is 2.44 bits per heavy atom. The van der Waals surface area contributed by atoms with Crippen molar-refractivity contribution in [1.82, 2.24) is 5.32 Å². The smallest absolute Gasteiger partial charge is 0.225 e. The van der Waals surface area contributed by atoms with Crippen LogP contribution in [0.4, 0.5) is 5.69 Å². The van der Waals surface area contributed by atoms with Gasteiger partial charge in [-0.25, -0.2) is 0 Å². The van der Waals surface area contributed by atoms with E-state index in [2.05, 4.69) is 33.2 Å². The van der Waals surface area contributed by atoms with Crippen LogP contribution in [0.1, 0.15) is 6.42 Å². The van der Waals surface area contributed by atoms with Gasteiger partial charge in [0.15, 0.2) is 0 Å². The molecule has 0 aliphatic carbocycles. The van der Waals surface area contributed by atoms with E-state index in [-0.39, 0.29) is 11.9 Å². The van der Waals surface area contributed by atoms with Crippen LogP contribution in [0.15, 0.2) is 18.2 Å². The zero-order valence-corrected chi connectivity index (χ0v) is 13.4. The molecule has 0 radical (unpaired) electrons. The lowest BCUT2D eigenvalue weighted by Crippen LogP contribution is -2.39. The summed E-state index contributed by atoms with van der Waals surface area (Å²) >= 11 is 9.95. The summed E-state index contributed by atoms with van der Waals surface area (Å²) in [4.78, 5) is 11.9. The number of carbonyl (C=O) groups is 1. The number of anilines is 1. The average molecular weight is 397 g/mol. The van der Waals surface area contributed by atoms with E-state index in [1.807, 2.05) is 23.9 Å². The van der Waals surface area contributed by atoms with E-state index in [4.69, 9.17) is 11.6 Å². The van der Waals surface area contributed by atoms with Gasteiger partial charge in [-0.1, -0.05) is 11.6 Å². The molecule has 1 saturated heterocycles. The van der Waals surface area contributed by atoms with Crippen LogP contribution < -0.4 is 10.6 Å². The fourth-order valence-electron chi connectivity index (χ4n) is 1.77. The number of hydrogen-bond donors (Lipinski definition) is 2. The minimum absolute atomic E-state index is 0.0511. The Balaban J connectivity index is 1.90. The maximum atomic E-state index is 11.9. The molecular weight excluding hydrogens is 383 g/mol. The van der Waals surface area contributed by atoms with Crippen molar-refractivity contribution in [3.8, 4) is 0 Å². The number of benzene rings is 1. The first kappa shape index (κ1) is 14.4. The first-order chi connectivity index (χ1) is 8.65. The van der Waals surface area contributed by atoms with Crippen molar-refractivity contribution in [2.75, 3.05) is 23.4 Å². The molecule has 18 heavy (non-hydrogen) atoms. The maximum absolute atomic E-state index is 11.9. The van der Waals surface area contributed by atoms with Crippen molar-refractivity contribution < 1.29 is 4.79 Å². The minimum atomic E-state index is 0.0511. The van der Waals surface area contributed by atoms with Gasteiger partial charge >= 0.3 is 0 Å². The van der Waals surface area contributed by atoms with Gasteiger partial charge in [0.2, 0.25) is 5.91 Å². The zero-order chi connectivity index (χ0) is 13.0. The minimum Gasteiger partial charge on any atom is -0.325 e. The van der Waals surface area contributed by atoms with Crippen LogP contribution >= 0.6 is 46.0 Å². The van der Waals surface area contributed by atoms with E-state index >= 15 is 0 Å². The van der Waals surface area contributed by atoms with E-state index in [0.717, 1.165) is 27.3 Å². The lowest BCUT2D eigenvalue weighted by Gasteiger charge is -2.22. The monoisotopic (exact) mass is 396 g/mol. The molecule has 2 N–H and O–H groups in total. The Morgan fingerprint density at radius 1 is 1.61 bits per heavy atom. The van der Waals surface area contributed by atoms with Gasteiger partial charge in [-0.05, 0) is 40.8 Å². The summed E-state index contributed by atoms with van der Waals surface area (Å²) in [6.45, 7) is 0.987. The van der Waals surface area contributed by atoms with Gasteiger partial charge in [0.1, 0.15) is 0 Å². The molecule has 1 fully saturated rings. The van der Waals surface area contributed by atoms with Crippen LogP contribution in [0.25, 0.3) is 0 Å². The number of thioether (sulfide) groups is 1. The number of nitrogens with one attached hydrogen (secondary N) is 2. The maximum Gasteiger partial charge on any atom is 0.225 e. The van der Waals surface area contributed by atoms with Crippen molar-refractivity contribution >= 4 is 57.5 Å². The SMILES string of the molecule is O=C(CC1CSCCN1)Nc1ccc(Cl)cc1I. The number of rotatable bonds is 3. The molecule has 1 aromatic rings. The second kappa shape index (κ2) is 6.98. The second-order valence-corrected chi connectivity index (χ2v) is 6.85. The topological polar surface area (TPSA) is 41.1 Å². The van der Waals surface area contributed by atoms with Crippen LogP contribution in [0.5, 0.6) is 0 Å². The Morgan fingerprint density at radius 3 is 3.11 bits per heavy atom. The molecule has 1 atom stereocenters. The standard InChI is InChI=1S/C12H14ClIN2OS/c13-8-1-2-11(10(14)5-8)16-12(17)6-9-7-18-4-3-15-9/h1-2,5,9,15H,3-4,6-7H2,(H,16,17). The molecule has 0 spiro atoms. The molecule has 6 heteroatoms. The molecule has 2 rings (SSSR count). The third-order valence-corrected chi connectivity index (χ3v) is 4.89. The predicted molar refractivity (Wildman–Crippen MR) is 86.5 cm³/mol. The molecule has 3 nitrogen and oxygen atoms in total. The van der Waals surface area contributed by atoms with Crippen molar-refractivity contribution in [1.29, 1.82) is 0 Å². The van der Waals surface area contributed by atoms with E-state index in [9.17, 15) is 4.79 Å². The quantitative estimate of drug-likeness (QED) is 0.772. The van der Waals surface area contributed by atoms with Crippen molar-refractivity contribution in [2.45, 2.75) is 12.5 Å². The molecule has 1 aliphatic rings. The van der Waals surface area contributed by atoms with Gasteiger partial charge in [-0.15, -0.1) is 0 Å². The van der Waals surface area contributed by atoms with E-state index < -0.39 is 0 Å². The molecule has 1 unspecified atom stereocenters. The number of hydrogen-bond acceptors (Lipinski definition) is 3. The van der Waals surface area contributed by atoms with Gasteiger partial charge in [0.25, 0.3) is 0 Å². The van der Waals surface area contributed by atoms with E-state index in [1.165, 1.54) is 0 Å². The lowest BCUT2D eigenvalue weighted by atomic mass is 10.2. The van der Waals surface area contributed by atoms with Crippen LogP contribution in [0, 0.1) is 3.57 Å². The molecular formula is C12H14ClIN2OS. The third-order valence-electron chi connectivity index (χ3n) is 2.64.